The Labute approximate surface area is 106 Å². The minimum Gasteiger partial charge on any atom is -0.362 e. The van der Waals surface area contributed by atoms with Crippen molar-refractivity contribution in [3.63, 3.8) is 0 Å². The minimum absolute atomic E-state index is 0.00477. The van der Waals surface area contributed by atoms with E-state index in [0.29, 0.717) is 18.5 Å². The number of hydrogen-bond donors (Lipinski definition) is 1. The minimum atomic E-state index is -0.569. The van der Waals surface area contributed by atoms with Crippen molar-refractivity contribution >= 4 is 17.9 Å². The van der Waals surface area contributed by atoms with Crippen LogP contribution in [-0.2, 0) is 4.79 Å². The summed E-state index contributed by atoms with van der Waals surface area (Å²) in [6, 6.07) is 4.41. The largest absolute Gasteiger partial charge is 0.362 e. The molecule has 98 valence electrons. The number of hydrogen-bond acceptors (Lipinski definition) is 3. The van der Waals surface area contributed by atoms with Crippen molar-refractivity contribution in [2.75, 3.05) is 25.0 Å². The fourth-order valence-corrected chi connectivity index (χ4v) is 1.73. The van der Waals surface area contributed by atoms with Crippen LogP contribution in [0.3, 0.4) is 0 Å². The smallest absolute Gasteiger partial charge is 0.239 e. The average molecular weight is 252 g/mol. The molecule has 4 nitrogen and oxygen atoms in total. The highest BCUT2D eigenvalue weighted by atomic mass is 19.1. The van der Waals surface area contributed by atoms with Gasteiger partial charge in [0.25, 0.3) is 0 Å². The van der Waals surface area contributed by atoms with Gasteiger partial charge in [-0.3, -0.25) is 9.59 Å². The molecule has 1 aromatic rings. The lowest BCUT2D eigenvalue weighted by Gasteiger charge is -2.24. The van der Waals surface area contributed by atoms with E-state index >= 15 is 0 Å². The second kappa shape index (κ2) is 6.74. The van der Waals surface area contributed by atoms with E-state index in [-0.39, 0.29) is 18.0 Å². The van der Waals surface area contributed by atoms with Crippen LogP contribution in [0.1, 0.15) is 23.7 Å². The third-order valence-corrected chi connectivity index (χ3v) is 2.60. The Morgan fingerprint density at radius 1 is 1.50 bits per heavy atom. The van der Waals surface area contributed by atoms with Crippen LogP contribution in [0.4, 0.5) is 10.1 Å². The molecule has 1 N–H and O–H groups in total. The number of benzene rings is 1. The van der Waals surface area contributed by atoms with Gasteiger partial charge in [0.05, 0.1) is 17.8 Å². The maximum absolute atomic E-state index is 13.5. The molecule has 0 radical (unpaired) electrons. The van der Waals surface area contributed by atoms with Crippen LogP contribution in [0.2, 0.25) is 0 Å². The topological polar surface area (TPSA) is 49.4 Å². The van der Waals surface area contributed by atoms with Gasteiger partial charge in [0.1, 0.15) is 5.82 Å². The number of anilines is 1. The summed E-state index contributed by atoms with van der Waals surface area (Å²) < 4.78 is 13.5. The highest BCUT2D eigenvalue weighted by molar-refractivity contribution is 5.88. The summed E-state index contributed by atoms with van der Waals surface area (Å²) in [6.45, 7) is 2.64. The molecular weight excluding hydrogens is 235 g/mol. The Kier molecular flexibility index (Phi) is 5.30. The molecule has 0 aliphatic carbocycles. The second-order valence-electron chi connectivity index (χ2n) is 3.89. The van der Waals surface area contributed by atoms with Crippen molar-refractivity contribution in [2.45, 2.75) is 13.3 Å². The fourth-order valence-electron chi connectivity index (χ4n) is 1.73. The number of carbonyl (C=O) groups excluding carboxylic acids is 2. The van der Waals surface area contributed by atoms with Crippen molar-refractivity contribution in [1.82, 2.24) is 5.32 Å². The molecule has 1 aromatic carbocycles. The summed E-state index contributed by atoms with van der Waals surface area (Å²) in [5.74, 6) is -0.745. The Morgan fingerprint density at radius 2 is 2.22 bits per heavy atom. The van der Waals surface area contributed by atoms with Gasteiger partial charge >= 0.3 is 0 Å². The predicted octanol–water partition coefficient (Wildman–Crippen LogP) is 1.60. The molecule has 0 bridgehead atoms. The van der Waals surface area contributed by atoms with E-state index in [1.807, 2.05) is 6.92 Å². The van der Waals surface area contributed by atoms with Gasteiger partial charge in [0, 0.05) is 13.6 Å². The van der Waals surface area contributed by atoms with Crippen LogP contribution in [0.5, 0.6) is 0 Å². The lowest BCUT2D eigenvalue weighted by molar-refractivity contribution is -0.119. The highest BCUT2D eigenvalue weighted by Crippen LogP contribution is 2.21. The Hall–Kier alpha value is -1.91. The van der Waals surface area contributed by atoms with Crippen molar-refractivity contribution < 1.29 is 14.0 Å². The van der Waals surface area contributed by atoms with Gasteiger partial charge in [-0.15, -0.1) is 0 Å². The molecule has 0 fully saturated rings. The van der Waals surface area contributed by atoms with Gasteiger partial charge in [-0.05, 0) is 18.6 Å². The summed E-state index contributed by atoms with van der Waals surface area (Å²) in [6.07, 6.45) is 1.28. The van der Waals surface area contributed by atoms with Crippen LogP contribution in [0.25, 0.3) is 0 Å². The number of likely N-dealkylation sites (N-methyl/N-ethyl adjacent to an activating group) is 1. The maximum atomic E-state index is 13.5. The first-order chi connectivity index (χ1) is 8.63. The summed E-state index contributed by atoms with van der Waals surface area (Å²) in [7, 11) is 1.54. The van der Waals surface area contributed by atoms with Gasteiger partial charge < -0.3 is 10.2 Å². The van der Waals surface area contributed by atoms with Gasteiger partial charge in [0.15, 0.2) is 6.29 Å². The molecule has 0 atom stereocenters. The van der Waals surface area contributed by atoms with E-state index in [9.17, 15) is 14.0 Å². The van der Waals surface area contributed by atoms with Crippen LogP contribution in [0.15, 0.2) is 18.2 Å². The van der Waals surface area contributed by atoms with Gasteiger partial charge in [-0.2, -0.15) is 0 Å². The second-order valence-corrected chi connectivity index (χ2v) is 3.89. The monoisotopic (exact) mass is 252 g/mol. The number of rotatable bonds is 6. The molecule has 0 aliphatic rings. The zero-order valence-electron chi connectivity index (χ0n) is 10.6. The highest BCUT2D eigenvalue weighted by Gasteiger charge is 2.15. The van der Waals surface area contributed by atoms with E-state index in [1.165, 1.54) is 12.1 Å². The quantitative estimate of drug-likeness (QED) is 0.782. The predicted molar refractivity (Wildman–Crippen MR) is 68.4 cm³/mol. The van der Waals surface area contributed by atoms with Crippen LogP contribution >= 0.6 is 0 Å². The molecule has 0 saturated carbocycles. The number of nitrogens with one attached hydrogen (secondary N) is 1. The Morgan fingerprint density at radius 3 is 2.78 bits per heavy atom. The molecule has 1 rings (SSSR count). The summed E-state index contributed by atoms with van der Waals surface area (Å²) in [5.41, 5.74) is 0.449. The maximum Gasteiger partial charge on any atom is 0.239 e. The molecule has 0 heterocycles. The third-order valence-electron chi connectivity index (χ3n) is 2.60. The molecule has 18 heavy (non-hydrogen) atoms. The van der Waals surface area contributed by atoms with E-state index < -0.39 is 5.82 Å². The SMILES string of the molecule is CCCN(CC(=O)NC)c1cccc(F)c1C=O. The van der Waals surface area contributed by atoms with Crippen LogP contribution < -0.4 is 10.2 Å². The van der Waals surface area contributed by atoms with E-state index in [0.717, 1.165) is 6.42 Å². The molecule has 0 aliphatic heterocycles. The number of nitrogens with zero attached hydrogens (tertiary/aromatic N) is 1. The number of carbonyl (C=O) groups is 2. The van der Waals surface area contributed by atoms with Crippen molar-refractivity contribution in [3.8, 4) is 0 Å². The van der Waals surface area contributed by atoms with Gasteiger partial charge in [0.2, 0.25) is 5.91 Å². The molecule has 0 unspecified atom stereocenters. The first-order valence-electron chi connectivity index (χ1n) is 5.83. The zero-order valence-corrected chi connectivity index (χ0v) is 10.6. The molecule has 0 spiro atoms. The lowest BCUT2D eigenvalue weighted by atomic mass is 10.1. The molecule has 0 saturated heterocycles. The van der Waals surface area contributed by atoms with Gasteiger partial charge in [-0.1, -0.05) is 13.0 Å². The Balaban J connectivity index is 3.08. The standard InChI is InChI=1S/C13H17FN2O2/c1-3-7-16(8-13(18)15-2)12-6-4-5-11(14)10(12)9-17/h4-6,9H,3,7-8H2,1-2H3,(H,15,18). The van der Waals surface area contributed by atoms with Crippen molar-refractivity contribution in [3.05, 3.63) is 29.6 Å². The molecular formula is C13H17FN2O2. The number of aldehydes is 1. The van der Waals surface area contributed by atoms with Crippen LogP contribution in [-0.4, -0.2) is 32.3 Å². The first kappa shape index (κ1) is 14.2. The zero-order chi connectivity index (χ0) is 13.5. The normalized spacial score (nSPS) is 9.94. The number of halogens is 1. The van der Waals surface area contributed by atoms with E-state index in [4.69, 9.17) is 0 Å². The summed E-state index contributed by atoms with van der Waals surface area (Å²) in [4.78, 5) is 24.1. The first-order valence-corrected chi connectivity index (χ1v) is 5.83. The lowest BCUT2D eigenvalue weighted by Crippen LogP contribution is -2.36. The number of amides is 1. The van der Waals surface area contributed by atoms with Crippen molar-refractivity contribution in [2.24, 2.45) is 0 Å². The van der Waals surface area contributed by atoms with Crippen molar-refractivity contribution in [1.29, 1.82) is 0 Å². The third kappa shape index (κ3) is 3.29. The molecule has 1 amide bonds. The van der Waals surface area contributed by atoms with Gasteiger partial charge in [-0.25, -0.2) is 4.39 Å². The molecule has 5 heteroatoms. The molecule has 0 aromatic heterocycles. The van der Waals surface area contributed by atoms with E-state index in [1.54, 1.807) is 18.0 Å². The summed E-state index contributed by atoms with van der Waals surface area (Å²) in [5, 5.41) is 2.51. The Bertz CT molecular complexity index is 435. The van der Waals surface area contributed by atoms with E-state index in [2.05, 4.69) is 5.32 Å². The summed E-state index contributed by atoms with van der Waals surface area (Å²) >= 11 is 0. The average Bonchev–Trinajstić information content (AvgIpc) is 2.37. The fraction of sp³-hybridized carbons (Fsp3) is 0.385. The van der Waals surface area contributed by atoms with Crippen LogP contribution in [0, 0.1) is 5.82 Å².